The molecule has 2 amide bonds. The van der Waals surface area contributed by atoms with E-state index in [1.165, 1.54) is 0 Å². The summed E-state index contributed by atoms with van der Waals surface area (Å²) in [5, 5.41) is 6.29. The molecule has 0 saturated carbocycles. The second kappa shape index (κ2) is 6.42. The number of aromatic nitrogens is 2. The topological polar surface area (TPSA) is 76.0 Å². The standard InChI is InChI=1S/C16H17ClN4O2/c1-21-9-8-18-15(21)14(10-2-4-11(17)5-3-10)20-16(23)12-6-7-13(22)19-12/h2-5,8-9,12,14H,6-7H2,1H3,(H,19,22)(H,20,23). The van der Waals surface area contributed by atoms with Crippen LogP contribution in [0.3, 0.4) is 0 Å². The Hall–Kier alpha value is -2.34. The molecule has 120 valence electrons. The molecule has 2 unspecified atom stereocenters. The van der Waals surface area contributed by atoms with Gasteiger partial charge in [-0.15, -0.1) is 0 Å². The Morgan fingerprint density at radius 3 is 2.74 bits per heavy atom. The summed E-state index contributed by atoms with van der Waals surface area (Å²) in [5.41, 5.74) is 0.876. The first-order valence-electron chi connectivity index (χ1n) is 7.37. The minimum Gasteiger partial charge on any atom is -0.344 e. The van der Waals surface area contributed by atoms with Gasteiger partial charge in [0.1, 0.15) is 17.9 Å². The van der Waals surface area contributed by atoms with Crippen molar-refractivity contribution in [1.29, 1.82) is 0 Å². The molecule has 3 rings (SSSR count). The minimum absolute atomic E-state index is 0.0924. The van der Waals surface area contributed by atoms with E-state index >= 15 is 0 Å². The van der Waals surface area contributed by atoms with E-state index in [1.54, 1.807) is 18.3 Å². The summed E-state index contributed by atoms with van der Waals surface area (Å²) in [6, 6.07) is 6.37. The molecule has 23 heavy (non-hydrogen) atoms. The van der Waals surface area contributed by atoms with Crippen LogP contribution in [0.25, 0.3) is 0 Å². The number of halogens is 1. The van der Waals surface area contributed by atoms with Gasteiger partial charge >= 0.3 is 0 Å². The van der Waals surface area contributed by atoms with E-state index in [-0.39, 0.29) is 11.8 Å². The Bertz CT molecular complexity index is 726. The fourth-order valence-corrected chi connectivity index (χ4v) is 2.79. The molecule has 0 spiro atoms. The number of hydrogen-bond acceptors (Lipinski definition) is 3. The van der Waals surface area contributed by atoms with Crippen LogP contribution in [0, 0.1) is 0 Å². The van der Waals surface area contributed by atoms with Crippen molar-refractivity contribution in [2.24, 2.45) is 7.05 Å². The summed E-state index contributed by atoms with van der Waals surface area (Å²) in [6.07, 6.45) is 4.40. The number of benzene rings is 1. The number of nitrogens with zero attached hydrogens (tertiary/aromatic N) is 2. The summed E-state index contributed by atoms with van der Waals surface area (Å²) in [5.74, 6) is 0.411. The summed E-state index contributed by atoms with van der Waals surface area (Å²) in [4.78, 5) is 28.1. The Balaban J connectivity index is 1.86. The third kappa shape index (κ3) is 3.37. The molecule has 1 aromatic heterocycles. The predicted octanol–water partition coefficient (Wildman–Crippen LogP) is 1.56. The van der Waals surface area contributed by atoms with Gasteiger partial charge in [0.15, 0.2) is 0 Å². The number of carbonyl (C=O) groups excluding carboxylic acids is 2. The summed E-state index contributed by atoms with van der Waals surface area (Å²) < 4.78 is 1.85. The molecule has 0 bridgehead atoms. The van der Waals surface area contributed by atoms with E-state index < -0.39 is 12.1 Å². The SMILES string of the molecule is Cn1ccnc1C(NC(=O)C1CCC(=O)N1)c1ccc(Cl)cc1. The van der Waals surface area contributed by atoms with Gasteiger partial charge in [-0.25, -0.2) is 4.98 Å². The normalized spacial score (nSPS) is 18.5. The molecule has 1 fully saturated rings. The van der Waals surface area contributed by atoms with Crippen LogP contribution in [0.1, 0.15) is 30.3 Å². The predicted molar refractivity (Wildman–Crippen MR) is 85.8 cm³/mol. The molecular formula is C16H17ClN4O2. The number of aryl methyl sites for hydroxylation is 1. The second-order valence-electron chi connectivity index (χ2n) is 5.55. The Morgan fingerprint density at radius 2 is 2.17 bits per heavy atom. The molecule has 2 heterocycles. The average Bonchev–Trinajstić information content (AvgIpc) is 3.14. The number of nitrogens with one attached hydrogen (secondary N) is 2. The van der Waals surface area contributed by atoms with E-state index in [0.29, 0.717) is 23.7 Å². The maximum atomic E-state index is 12.5. The number of amides is 2. The first-order chi connectivity index (χ1) is 11.0. The van der Waals surface area contributed by atoms with Crippen LogP contribution in [0.2, 0.25) is 5.02 Å². The maximum absolute atomic E-state index is 12.5. The highest BCUT2D eigenvalue weighted by molar-refractivity contribution is 6.30. The van der Waals surface area contributed by atoms with Crippen LogP contribution in [-0.4, -0.2) is 27.4 Å². The van der Waals surface area contributed by atoms with Gasteiger partial charge in [-0.3, -0.25) is 9.59 Å². The van der Waals surface area contributed by atoms with Crippen molar-refractivity contribution >= 4 is 23.4 Å². The van der Waals surface area contributed by atoms with Crippen LogP contribution >= 0.6 is 11.6 Å². The van der Waals surface area contributed by atoms with Crippen molar-refractivity contribution in [2.75, 3.05) is 0 Å². The van der Waals surface area contributed by atoms with Gasteiger partial charge in [-0.05, 0) is 24.1 Å². The van der Waals surface area contributed by atoms with Crippen molar-refractivity contribution < 1.29 is 9.59 Å². The fraction of sp³-hybridized carbons (Fsp3) is 0.312. The second-order valence-corrected chi connectivity index (χ2v) is 5.98. The Morgan fingerprint density at radius 1 is 1.43 bits per heavy atom. The molecule has 2 atom stereocenters. The minimum atomic E-state index is -0.488. The summed E-state index contributed by atoms with van der Waals surface area (Å²) in [7, 11) is 1.87. The fourth-order valence-electron chi connectivity index (χ4n) is 2.66. The zero-order valence-corrected chi connectivity index (χ0v) is 13.4. The van der Waals surface area contributed by atoms with E-state index in [4.69, 9.17) is 11.6 Å². The molecule has 7 heteroatoms. The van der Waals surface area contributed by atoms with Crippen molar-refractivity contribution in [3.8, 4) is 0 Å². The van der Waals surface area contributed by atoms with Gasteiger partial charge in [-0.1, -0.05) is 23.7 Å². The maximum Gasteiger partial charge on any atom is 0.243 e. The van der Waals surface area contributed by atoms with E-state index in [1.807, 2.05) is 29.9 Å². The van der Waals surface area contributed by atoms with Gasteiger partial charge in [0.05, 0.1) is 0 Å². The first-order valence-corrected chi connectivity index (χ1v) is 7.75. The van der Waals surface area contributed by atoms with E-state index in [9.17, 15) is 9.59 Å². The lowest BCUT2D eigenvalue weighted by Gasteiger charge is -2.21. The highest BCUT2D eigenvalue weighted by Gasteiger charge is 2.30. The molecule has 2 aromatic rings. The Kier molecular flexibility index (Phi) is 4.34. The van der Waals surface area contributed by atoms with E-state index in [0.717, 1.165) is 5.56 Å². The number of imidazole rings is 1. The molecule has 1 aliphatic rings. The lowest BCUT2D eigenvalue weighted by atomic mass is 10.1. The highest BCUT2D eigenvalue weighted by Crippen LogP contribution is 2.23. The van der Waals surface area contributed by atoms with Crippen molar-refractivity contribution in [3.05, 3.63) is 53.1 Å². The lowest BCUT2D eigenvalue weighted by molar-refractivity contribution is -0.126. The van der Waals surface area contributed by atoms with Crippen molar-refractivity contribution in [2.45, 2.75) is 24.9 Å². The van der Waals surface area contributed by atoms with Crippen LogP contribution < -0.4 is 10.6 Å². The van der Waals surface area contributed by atoms with Gasteiger partial charge < -0.3 is 15.2 Å². The molecule has 1 aliphatic heterocycles. The average molecular weight is 333 g/mol. The third-order valence-corrected chi connectivity index (χ3v) is 4.17. The quantitative estimate of drug-likeness (QED) is 0.892. The Labute approximate surface area is 138 Å². The van der Waals surface area contributed by atoms with Gasteiger partial charge in [0, 0.05) is 30.9 Å². The molecule has 0 radical (unpaired) electrons. The summed E-state index contributed by atoms with van der Waals surface area (Å²) in [6.45, 7) is 0. The van der Waals surface area contributed by atoms with Gasteiger partial charge in [0.25, 0.3) is 0 Å². The molecule has 1 saturated heterocycles. The van der Waals surface area contributed by atoms with Crippen LogP contribution in [0.15, 0.2) is 36.7 Å². The zero-order chi connectivity index (χ0) is 16.4. The molecule has 1 aromatic carbocycles. The highest BCUT2D eigenvalue weighted by atomic mass is 35.5. The van der Waals surface area contributed by atoms with Gasteiger partial charge in [-0.2, -0.15) is 0 Å². The van der Waals surface area contributed by atoms with Crippen LogP contribution in [-0.2, 0) is 16.6 Å². The third-order valence-electron chi connectivity index (χ3n) is 3.92. The van der Waals surface area contributed by atoms with E-state index in [2.05, 4.69) is 15.6 Å². The number of hydrogen-bond donors (Lipinski definition) is 2. The largest absolute Gasteiger partial charge is 0.344 e. The smallest absolute Gasteiger partial charge is 0.243 e. The molecule has 0 aliphatic carbocycles. The van der Waals surface area contributed by atoms with Crippen molar-refractivity contribution in [3.63, 3.8) is 0 Å². The molecule has 2 N–H and O–H groups in total. The lowest BCUT2D eigenvalue weighted by Crippen LogP contribution is -2.43. The zero-order valence-electron chi connectivity index (χ0n) is 12.6. The monoisotopic (exact) mass is 332 g/mol. The number of carbonyl (C=O) groups is 2. The van der Waals surface area contributed by atoms with Crippen LogP contribution in [0.5, 0.6) is 0 Å². The van der Waals surface area contributed by atoms with Crippen molar-refractivity contribution in [1.82, 2.24) is 20.2 Å². The summed E-state index contributed by atoms with van der Waals surface area (Å²) >= 11 is 5.94. The molecule has 6 nitrogen and oxygen atoms in total. The van der Waals surface area contributed by atoms with Gasteiger partial charge in [0.2, 0.25) is 11.8 Å². The number of rotatable bonds is 4. The first kappa shape index (κ1) is 15.6. The molecular weight excluding hydrogens is 316 g/mol. The van der Waals surface area contributed by atoms with Crippen LogP contribution in [0.4, 0.5) is 0 Å².